The first-order valence-electron chi connectivity index (χ1n) is 20.0. The molecule has 4 unspecified atom stereocenters. The Morgan fingerprint density at radius 2 is 1.02 bits per heavy atom. The number of alkyl halides is 2. The van der Waals surface area contributed by atoms with E-state index in [4.69, 9.17) is 9.47 Å². The fourth-order valence-corrected chi connectivity index (χ4v) is 8.88. The molecule has 0 aromatic carbocycles. The van der Waals surface area contributed by atoms with E-state index < -0.39 is 8.65 Å². The molecule has 2 N–H and O–H groups in total. The van der Waals surface area contributed by atoms with Crippen molar-refractivity contribution in [3.05, 3.63) is 0 Å². The fraction of sp³-hybridized carbons (Fsp3) is 0.947. The van der Waals surface area contributed by atoms with E-state index in [0.29, 0.717) is 26.1 Å². The monoisotopic (exact) mass is 832 g/mol. The molecule has 0 aromatic heterocycles. The van der Waals surface area contributed by atoms with Crippen LogP contribution in [0.5, 0.6) is 0 Å². The van der Waals surface area contributed by atoms with Gasteiger partial charge in [-0.15, -0.1) is 0 Å². The Bertz CT molecular complexity index is 932. The number of rotatable bonds is 23. The van der Waals surface area contributed by atoms with Crippen LogP contribution in [0.4, 0.5) is 0 Å². The number of carbonyl (C=O) groups excluding carboxylic acids is 2. The zero-order valence-electron chi connectivity index (χ0n) is 31.9. The molecule has 2 aliphatic carbocycles. The third-order valence-electron chi connectivity index (χ3n) is 11.7. The number of esters is 2. The predicted molar refractivity (Wildman–Crippen MR) is 210 cm³/mol. The number of ether oxygens (including phenoxy) is 2. The van der Waals surface area contributed by atoms with Gasteiger partial charge in [-0.1, -0.05) is 57.5 Å². The van der Waals surface area contributed by atoms with Gasteiger partial charge >= 0.3 is 11.9 Å². The Balaban J connectivity index is 0.980. The third kappa shape index (κ3) is 14.8. The highest BCUT2D eigenvalue weighted by atomic mass is 79.9. The highest BCUT2D eigenvalue weighted by molar-refractivity contribution is 9.10. The Kier molecular flexibility index (Phi) is 18.3. The molecule has 0 bridgehead atoms. The van der Waals surface area contributed by atoms with Gasteiger partial charge in [0.2, 0.25) is 0 Å². The summed E-state index contributed by atoms with van der Waals surface area (Å²) in [6.07, 6.45) is 14.3. The van der Waals surface area contributed by atoms with Gasteiger partial charge in [-0.2, -0.15) is 0 Å². The smallest absolute Gasteiger partial charge is 0.322 e. The van der Waals surface area contributed by atoms with Crippen LogP contribution in [0.2, 0.25) is 0 Å². The standard InChI is InChI=1S/C38H70Br2N6O4/c1-31(41-17-9-15-37(3,39)35(47)49-25-23-43-19-21-45(29-43)27-33-11-5-6-12-33)32(2)42-18-10-16-38(4,40)36(48)50-26-24-44-20-22-46(30-44)28-34-13-7-8-14-34/h31-34,41-42H,5-30H2,1-4H3. The zero-order valence-corrected chi connectivity index (χ0v) is 35.0. The Labute approximate surface area is 321 Å². The van der Waals surface area contributed by atoms with Crippen molar-refractivity contribution in [2.45, 2.75) is 125 Å². The summed E-state index contributed by atoms with van der Waals surface area (Å²) in [6.45, 7) is 21.2. The van der Waals surface area contributed by atoms with Crippen molar-refractivity contribution < 1.29 is 19.1 Å². The van der Waals surface area contributed by atoms with Crippen LogP contribution in [-0.2, 0) is 19.1 Å². The van der Waals surface area contributed by atoms with Crippen molar-refractivity contribution in [2.75, 3.05) is 92.0 Å². The summed E-state index contributed by atoms with van der Waals surface area (Å²) in [5, 5.41) is 7.22. The van der Waals surface area contributed by atoms with Crippen molar-refractivity contribution in [1.29, 1.82) is 0 Å². The lowest BCUT2D eigenvalue weighted by atomic mass is 10.0. The molecule has 12 heteroatoms. The number of carbonyl (C=O) groups is 2. The van der Waals surface area contributed by atoms with Crippen molar-refractivity contribution in [1.82, 2.24) is 30.2 Å². The summed E-state index contributed by atoms with van der Waals surface area (Å²) in [4.78, 5) is 35.6. The van der Waals surface area contributed by atoms with Crippen LogP contribution in [0.1, 0.15) is 105 Å². The van der Waals surface area contributed by atoms with Crippen LogP contribution >= 0.6 is 31.9 Å². The summed E-state index contributed by atoms with van der Waals surface area (Å²) in [6, 6.07) is 0.550. The fourth-order valence-electron chi connectivity index (χ4n) is 8.09. The molecule has 4 fully saturated rings. The van der Waals surface area contributed by atoms with E-state index in [1.165, 1.54) is 64.5 Å². The first-order chi connectivity index (χ1) is 23.9. The van der Waals surface area contributed by atoms with E-state index in [2.05, 4.69) is 75.9 Å². The van der Waals surface area contributed by atoms with Gasteiger partial charge in [0.1, 0.15) is 21.9 Å². The summed E-state index contributed by atoms with van der Waals surface area (Å²) in [5.74, 6) is 1.42. The molecule has 290 valence electrons. The maximum atomic E-state index is 12.8. The normalized spacial score (nSPS) is 24.0. The molecule has 2 saturated heterocycles. The molecule has 0 spiro atoms. The minimum atomic E-state index is -0.672. The molecule has 2 heterocycles. The van der Waals surface area contributed by atoms with Crippen LogP contribution in [0, 0.1) is 11.8 Å². The first kappa shape index (κ1) is 42.4. The van der Waals surface area contributed by atoms with Crippen molar-refractivity contribution in [3.8, 4) is 0 Å². The Hall–Kier alpha value is -0.340. The molecular weight excluding hydrogens is 764 g/mol. The van der Waals surface area contributed by atoms with Gasteiger partial charge in [-0.3, -0.25) is 29.2 Å². The van der Waals surface area contributed by atoms with E-state index >= 15 is 0 Å². The van der Waals surface area contributed by atoms with Crippen LogP contribution in [0.15, 0.2) is 0 Å². The summed E-state index contributed by atoms with van der Waals surface area (Å²) < 4.78 is 10.1. The van der Waals surface area contributed by atoms with Crippen LogP contribution < -0.4 is 10.6 Å². The maximum Gasteiger partial charge on any atom is 0.322 e. The predicted octanol–water partition coefficient (Wildman–Crippen LogP) is 5.43. The zero-order chi connectivity index (χ0) is 36.0. The van der Waals surface area contributed by atoms with Crippen molar-refractivity contribution in [3.63, 3.8) is 0 Å². The third-order valence-corrected chi connectivity index (χ3v) is 13.1. The highest BCUT2D eigenvalue weighted by Crippen LogP contribution is 2.28. The summed E-state index contributed by atoms with van der Waals surface area (Å²) in [7, 11) is 0. The minimum absolute atomic E-state index is 0.169. The second-order valence-corrected chi connectivity index (χ2v) is 19.8. The molecular formula is C38H70Br2N6O4. The molecule has 50 heavy (non-hydrogen) atoms. The maximum absolute atomic E-state index is 12.8. The van der Waals surface area contributed by atoms with Gasteiger partial charge < -0.3 is 20.1 Å². The molecule has 10 nitrogen and oxygen atoms in total. The van der Waals surface area contributed by atoms with Crippen LogP contribution in [0.3, 0.4) is 0 Å². The number of nitrogens with zero attached hydrogens (tertiary/aromatic N) is 4. The van der Waals surface area contributed by atoms with Gasteiger partial charge in [0.05, 0.1) is 13.3 Å². The minimum Gasteiger partial charge on any atom is -0.463 e. The Morgan fingerprint density at radius 1 is 0.660 bits per heavy atom. The number of nitrogens with one attached hydrogen (secondary N) is 2. The summed E-state index contributed by atoms with van der Waals surface area (Å²) in [5.41, 5.74) is 0. The average molecular weight is 835 g/mol. The van der Waals surface area contributed by atoms with E-state index in [-0.39, 0.29) is 24.0 Å². The molecule has 2 saturated carbocycles. The molecule has 2 aliphatic heterocycles. The second-order valence-electron chi connectivity index (χ2n) is 16.3. The second kappa shape index (κ2) is 21.5. The largest absolute Gasteiger partial charge is 0.463 e. The van der Waals surface area contributed by atoms with Crippen LogP contribution in [-0.4, -0.2) is 144 Å². The molecule has 4 aliphatic rings. The van der Waals surface area contributed by atoms with Crippen molar-refractivity contribution >= 4 is 43.8 Å². The molecule has 0 radical (unpaired) electrons. The SMILES string of the molecule is CC(NCCCC(C)(Br)C(=O)OCCN1CCN(CC2CCCC2)C1)C(C)NCCCC(C)(Br)C(=O)OCCN1CCN(CC2CCCC2)C1. The lowest BCUT2D eigenvalue weighted by Crippen LogP contribution is -2.45. The van der Waals surface area contributed by atoms with Crippen molar-refractivity contribution in [2.24, 2.45) is 11.8 Å². The van der Waals surface area contributed by atoms with Crippen LogP contribution in [0.25, 0.3) is 0 Å². The molecule has 4 atom stereocenters. The van der Waals surface area contributed by atoms with E-state index in [1.807, 2.05) is 13.8 Å². The van der Waals surface area contributed by atoms with Gasteiger partial charge in [0.25, 0.3) is 0 Å². The lowest BCUT2D eigenvalue weighted by Gasteiger charge is -2.26. The number of hydrogen-bond donors (Lipinski definition) is 2. The Morgan fingerprint density at radius 3 is 1.40 bits per heavy atom. The molecule has 0 amide bonds. The van der Waals surface area contributed by atoms with Gasteiger partial charge in [-0.05, 0) is 104 Å². The topological polar surface area (TPSA) is 89.6 Å². The molecule has 4 rings (SSSR count). The average Bonchev–Trinajstić information content (AvgIpc) is 3.92. The van der Waals surface area contributed by atoms with Gasteiger partial charge in [0, 0.05) is 64.4 Å². The lowest BCUT2D eigenvalue weighted by molar-refractivity contribution is -0.147. The first-order valence-corrected chi connectivity index (χ1v) is 21.6. The van der Waals surface area contributed by atoms with E-state index in [9.17, 15) is 9.59 Å². The van der Waals surface area contributed by atoms with E-state index in [1.54, 1.807) is 0 Å². The number of halogens is 2. The number of hydrogen-bond acceptors (Lipinski definition) is 10. The highest BCUT2D eigenvalue weighted by Gasteiger charge is 2.33. The van der Waals surface area contributed by atoms with Gasteiger partial charge in [0.15, 0.2) is 0 Å². The quantitative estimate of drug-likeness (QED) is 0.0791. The molecule has 0 aromatic rings. The van der Waals surface area contributed by atoms with E-state index in [0.717, 1.165) is 90.4 Å². The summed E-state index contributed by atoms with van der Waals surface area (Å²) >= 11 is 7.30. The van der Waals surface area contributed by atoms with Gasteiger partial charge in [-0.25, -0.2) is 0 Å².